The third-order valence-electron chi connectivity index (χ3n) is 0.655. The highest BCUT2D eigenvalue weighted by atomic mass is 35.5. The topological polar surface area (TPSA) is 22.0 Å². The van der Waals surface area contributed by atoms with Gasteiger partial charge in [0.15, 0.2) is 0 Å². The third kappa shape index (κ3) is 1.68. The van der Waals surface area contributed by atoms with Crippen LogP contribution in [0.1, 0.15) is 0 Å². The molecule has 0 spiro atoms. The lowest BCUT2D eigenvalue weighted by Gasteiger charge is -1.76. The molecule has 0 aliphatic carbocycles. The van der Waals surface area contributed by atoms with Crippen LogP contribution in [-0.4, -0.2) is 3.96 Å². The summed E-state index contributed by atoms with van der Waals surface area (Å²) in [5, 5.41) is 0. The van der Waals surface area contributed by atoms with Crippen molar-refractivity contribution in [1.82, 2.24) is 3.96 Å². The highest BCUT2D eigenvalue weighted by Crippen LogP contribution is 1.82. The van der Waals surface area contributed by atoms with E-state index in [2.05, 4.69) is 0 Å². The van der Waals surface area contributed by atoms with Crippen molar-refractivity contribution in [2.45, 2.75) is 0 Å². The molecule has 46 valence electrons. The van der Waals surface area contributed by atoms with E-state index in [-0.39, 0.29) is 17.1 Å². The first-order valence-electron chi connectivity index (χ1n) is 1.92. The van der Waals surface area contributed by atoms with Gasteiger partial charge >= 0.3 is 0 Å². The Morgan fingerprint density at radius 3 is 2.50 bits per heavy atom. The van der Waals surface area contributed by atoms with E-state index in [9.17, 15) is 4.79 Å². The van der Waals surface area contributed by atoms with Gasteiger partial charge in [-0.15, -0.1) is 12.4 Å². The second-order valence-corrected chi connectivity index (χ2v) is 2.43. The van der Waals surface area contributed by atoms with E-state index in [0.29, 0.717) is 0 Å². The van der Waals surface area contributed by atoms with Gasteiger partial charge in [-0.3, -0.25) is 4.79 Å². The Morgan fingerprint density at radius 2 is 2.38 bits per heavy atom. The first-order chi connectivity index (χ1) is 3.29. The average molecular weight is 152 g/mol. The van der Waals surface area contributed by atoms with Crippen molar-refractivity contribution in [1.29, 1.82) is 0 Å². The van der Waals surface area contributed by atoms with E-state index in [1.165, 1.54) is 11.5 Å². The number of hydrogen-bond acceptors (Lipinski definition) is 2. The van der Waals surface area contributed by atoms with Crippen molar-refractivity contribution < 1.29 is 0 Å². The number of aromatic nitrogens is 1. The molecule has 0 saturated heterocycles. The Kier molecular flexibility index (Phi) is 2.79. The maximum Gasteiger partial charge on any atom is 0.249 e. The Bertz CT molecular complexity index is 204. The molecule has 0 radical (unpaired) electrons. The second kappa shape index (κ2) is 2.89. The van der Waals surface area contributed by atoms with Gasteiger partial charge in [0, 0.05) is 19.3 Å². The summed E-state index contributed by atoms with van der Waals surface area (Å²) in [4.78, 5) is 10.3. The van der Waals surface area contributed by atoms with Crippen LogP contribution in [0.4, 0.5) is 0 Å². The van der Waals surface area contributed by atoms with E-state index < -0.39 is 0 Å². The van der Waals surface area contributed by atoms with Gasteiger partial charge in [0.1, 0.15) is 0 Å². The lowest BCUT2D eigenvalue weighted by atomic mass is 10.8. The highest BCUT2D eigenvalue weighted by molar-refractivity contribution is 7.03. The van der Waals surface area contributed by atoms with Gasteiger partial charge in [0.25, 0.3) is 0 Å². The van der Waals surface area contributed by atoms with Crippen LogP contribution in [0.2, 0.25) is 0 Å². The zero-order valence-electron chi connectivity index (χ0n) is 4.33. The smallest absolute Gasteiger partial charge is 0.249 e. The van der Waals surface area contributed by atoms with Crippen LogP contribution in [-0.2, 0) is 7.05 Å². The van der Waals surface area contributed by atoms with Crippen LogP contribution in [0.3, 0.4) is 0 Å². The summed E-state index contributed by atoms with van der Waals surface area (Å²) in [6.07, 6.45) is 1.74. The quantitative estimate of drug-likeness (QED) is 0.540. The molecule has 1 rings (SSSR count). The maximum absolute atomic E-state index is 10.3. The Labute approximate surface area is 57.3 Å². The lowest BCUT2D eigenvalue weighted by molar-refractivity contribution is 1.03. The summed E-state index contributed by atoms with van der Waals surface area (Å²) in [5.74, 6) is 0. The average Bonchev–Trinajstić information content (AvgIpc) is 1.87. The van der Waals surface area contributed by atoms with Gasteiger partial charge in [0.05, 0.1) is 0 Å². The SMILES string of the molecule is Cl.Cn1ccc(=O)s1. The second-order valence-electron chi connectivity index (χ2n) is 1.27. The molecule has 0 saturated carbocycles. The first kappa shape index (κ1) is 7.72. The molecule has 1 aromatic heterocycles. The largest absolute Gasteiger partial charge is 0.305 e. The summed E-state index contributed by atoms with van der Waals surface area (Å²) in [6, 6.07) is 1.55. The molecule has 2 nitrogen and oxygen atoms in total. The molecule has 0 unspecified atom stereocenters. The molecule has 8 heavy (non-hydrogen) atoms. The van der Waals surface area contributed by atoms with E-state index in [4.69, 9.17) is 0 Å². The highest BCUT2D eigenvalue weighted by Gasteiger charge is 1.81. The number of rotatable bonds is 0. The normalized spacial score (nSPS) is 8.12. The minimum Gasteiger partial charge on any atom is -0.305 e. The van der Waals surface area contributed by atoms with E-state index in [1.54, 1.807) is 16.2 Å². The molecule has 0 bridgehead atoms. The molecule has 0 aliphatic heterocycles. The Morgan fingerprint density at radius 1 is 1.75 bits per heavy atom. The van der Waals surface area contributed by atoms with Gasteiger partial charge < -0.3 is 3.96 Å². The van der Waals surface area contributed by atoms with Crippen molar-refractivity contribution in [2.75, 3.05) is 0 Å². The van der Waals surface area contributed by atoms with Crippen LogP contribution < -0.4 is 4.74 Å². The van der Waals surface area contributed by atoms with Crippen molar-refractivity contribution in [3.63, 3.8) is 0 Å². The van der Waals surface area contributed by atoms with Crippen molar-refractivity contribution >= 4 is 23.9 Å². The zero-order valence-corrected chi connectivity index (χ0v) is 5.96. The molecule has 0 fully saturated rings. The minimum atomic E-state index is 0. The third-order valence-corrected chi connectivity index (χ3v) is 1.38. The van der Waals surface area contributed by atoms with E-state index >= 15 is 0 Å². The lowest BCUT2D eigenvalue weighted by Crippen LogP contribution is -1.81. The molecule has 4 heteroatoms. The van der Waals surface area contributed by atoms with Crippen molar-refractivity contribution in [3.05, 3.63) is 21.8 Å². The molecule has 0 aliphatic rings. The van der Waals surface area contributed by atoms with Gasteiger partial charge in [0.2, 0.25) is 4.74 Å². The maximum atomic E-state index is 10.3. The van der Waals surface area contributed by atoms with Gasteiger partial charge in [-0.2, -0.15) is 0 Å². The summed E-state index contributed by atoms with van der Waals surface area (Å²) in [5.41, 5.74) is 0. The molecular weight excluding hydrogens is 146 g/mol. The van der Waals surface area contributed by atoms with Gasteiger partial charge in [-0.25, -0.2) is 0 Å². The van der Waals surface area contributed by atoms with Crippen molar-refractivity contribution in [3.8, 4) is 0 Å². The number of aryl methyl sites for hydroxylation is 1. The summed E-state index contributed by atoms with van der Waals surface area (Å²) >= 11 is 1.20. The number of nitrogens with zero attached hydrogens (tertiary/aromatic N) is 1. The molecule has 0 amide bonds. The number of hydrogen-bond donors (Lipinski definition) is 0. The summed E-state index contributed by atoms with van der Waals surface area (Å²) in [7, 11) is 1.84. The fraction of sp³-hybridized carbons (Fsp3) is 0.250. The summed E-state index contributed by atoms with van der Waals surface area (Å²) < 4.78 is 1.88. The van der Waals surface area contributed by atoms with Crippen LogP contribution in [0.5, 0.6) is 0 Å². The monoisotopic (exact) mass is 151 g/mol. The zero-order chi connectivity index (χ0) is 5.28. The van der Waals surface area contributed by atoms with E-state index in [1.807, 2.05) is 7.05 Å². The Hall–Kier alpha value is -0.280. The summed E-state index contributed by atoms with van der Waals surface area (Å²) in [6.45, 7) is 0. The van der Waals surface area contributed by atoms with Crippen molar-refractivity contribution in [2.24, 2.45) is 7.05 Å². The van der Waals surface area contributed by atoms with Crippen LogP contribution in [0, 0.1) is 0 Å². The first-order valence-corrected chi connectivity index (χ1v) is 2.69. The van der Waals surface area contributed by atoms with E-state index in [0.717, 1.165) is 0 Å². The number of halogens is 1. The fourth-order valence-corrected chi connectivity index (χ4v) is 0.896. The molecule has 1 heterocycles. The molecule has 0 atom stereocenters. The standard InChI is InChI=1S/C4H5NOS.ClH/c1-5-3-2-4(6)7-5;/h2-3H,1H3;1H. The predicted octanol–water partition coefficient (Wildman–Crippen LogP) is 0.869. The van der Waals surface area contributed by atoms with Gasteiger partial charge in [-0.1, -0.05) is 0 Å². The van der Waals surface area contributed by atoms with Crippen LogP contribution in [0.15, 0.2) is 17.1 Å². The Balaban J connectivity index is 0.000000490. The molecule has 0 aromatic carbocycles. The fourth-order valence-electron chi connectivity index (χ4n) is 0.369. The molecule has 1 aromatic rings. The molecule has 0 N–H and O–H groups in total. The predicted molar refractivity (Wildman–Crippen MR) is 36.8 cm³/mol. The van der Waals surface area contributed by atoms with Gasteiger partial charge in [-0.05, 0) is 11.5 Å². The van der Waals surface area contributed by atoms with Crippen LogP contribution in [0.25, 0.3) is 0 Å². The minimum absolute atomic E-state index is 0. The van der Waals surface area contributed by atoms with Crippen LogP contribution >= 0.6 is 23.9 Å². The molecular formula is C4H6ClNOS.